The Morgan fingerprint density at radius 1 is 1.03 bits per heavy atom. The SMILES string of the molecule is CC1(C)C(/C=C/Nc2ccccc2)=[N+](CCCS(=O)(=O)O)c2cc(S(=O)(=O)O)cc(S(=O)(=O)[O-])c21. The average Bonchev–Trinajstić information content (AvgIpc) is 2.93. The summed E-state index contributed by atoms with van der Waals surface area (Å²) in [6.07, 6.45) is 3.05. The molecule has 0 saturated heterocycles. The van der Waals surface area contributed by atoms with Gasteiger partial charge in [-0.25, -0.2) is 8.42 Å². The molecule has 190 valence electrons. The zero-order chi connectivity index (χ0) is 26.2. The van der Waals surface area contributed by atoms with Crippen LogP contribution in [0.5, 0.6) is 0 Å². The van der Waals surface area contributed by atoms with Gasteiger partial charge in [0.05, 0.1) is 21.6 Å². The number of fused-ring (bicyclic) bond motifs is 1. The van der Waals surface area contributed by atoms with Crippen molar-refractivity contribution in [2.24, 2.45) is 0 Å². The molecule has 1 heterocycles. The number of rotatable bonds is 9. The van der Waals surface area contributed by atoms with Crippen LogP contribution in [0.2, 0.25) is 0 Å². The highest BCUT2D eigenvalue weighted by Gasteiger charge is 2.47. The van der Waals surface area contributed by atoms with E-state index >= 15 is 0 Å². The lowest BCUT2D eigenvalue weighted by atomic mass is 9.81. The van der Waals surface area contributed by atoms with Gasteiger partial charge in [0.15, 0.2) is 5.71 Å². The molecule has 0 atom stereocenters. The first-order valence-electron chi connectivity index (χ1n) is 10.2. The average molecular weight is 545 g/mol. The van der Waals surface area contributed by atoms with E-state index in [1.807, 2.05) is 18.2 Å². The monoisotopic (exact) mass is 544 g/mol. The fourth-order valence-corrected chi connectivity index (χ4v) is 6.03. The molecule has 2 aromatic rings. The third kappa shape index (κ3) is 6.15. The van der Waals surface area contributed by atoms with Gasteiger partial charge in [0.25, 0.3) is 20.2 Å². The summed E-state index contributed by atoms with van der Waals surface area (Å²) in [5.74, 6) is -0.608. The summed E-state index contributed by atoms with van der Waals surface area (Å²) >= 11 is 0. The lowest BCUT2D eigenvalue weighted by molar-refractivity contribution is -0.437. The van der Waals surface area contributed by atoms with E-state index in [2.05, 4.69) is 5.32 Å². The van der Waals surface area contributed by atoms with Gasteiger partial charge in [-0.2, -0.15) is 21.4 Å². The van der Waals surface area contributed by atoms with E-state index < -0.39 is 51.3 Å². The van der Waals surface area contributed by atoms with Gasteiger partial charge in [-0.05, 0) is 32.0 Å². The molecule has 0 bridgehead atoms. The molecule has 2 aromatic carbocycles. The standard InChI is InChI=1S/C21H24N2O9S3/c1-21(2)19(9-10-22-15-7-4-3-5-8-15)23(11-6-12-33(24,25)26)17-13-16(34(27,28)29)14-18(20(17)21)35(30,31)32/h3-5,7-10,13-14H,6,11-12H2,1-2H3,(H3,24,25,26,27,28,29,30,31,32). The second-order valence-electron chi connectivity index (χ2n) is 8.39. The normalized spacial score (nSPS) is 16.0. The Bertz CT molecular complexity index is 1530. The van der Waals surface area contributed by atoms with E-state index in [9.17, 15) is 34.4 Å². The molecule has 0 unspecified atom stereocenters. The molecule has 35 heavy (non-hydrogen) atoms. The first-order chi connectivity index (χ1) is 16.0. The molecule has 0 amide bonds. The van der Waals surface area contributed by atoms with Crippen LogP contribution in [0.15, 0.2) is 64.5 Å². The Kier molecular flexibility index (Phi) is 7.28. The highest BCUT2D eigenvalue weighted by atomic mass is 32.2. The maximum Gasteiger partial charge on any atom is 0.294 e. The fraction of sp³-hybridized carbons (Fsp3) is 0.286. The molecule has 0 fully saturated rings. The minimum atomic E-state index is -5.18. The van der Waals surface area contributed by atoms with Crippen molar-refractivity contribution in [2.75, 3.05) is 17.6 Å². The first-order valence-corrected chi connectivity index (χ1v) is 14.7. The maximum atomic E-state index is 12.1. The number of anilines is 1. The van der Waals surface area contributed by atoms with Crippen LogP contribution in [0.3, 0.4) is 0 Å². The molecule has 3 rings (SSSR count). The number of allylic oxidation sites excluding steroid dienone is 1. The van der Waals surface area contributed by atoms with Crippen molar-refractivity contribution in [2.45, 2.75) is 35.5 Å². The van der Waals surface area contributed by atoms with Crippen LogP contribution in [-0.2, 0) is 35.8 Å². The summed E-state index contributed by atoms with van der Waals surface area (Å²) in [6, 6.07) is 10.7. The molecule has 14 heteroatoms. The Morgan fingerprint density at radius 3 is 2.20 bits per heavy atom. The van der Waals surface area contributed by atoms with E-state index in [0.29, 0.717) is 11.8 Å². The zero-order valence-electron chi connectivity index (χ0n) is 18.7. The van der Waals surface area contributed by atoms with Gasteiger partial charge >= 0.3 is 0 Å². The Morgan fingerprint density at radius 2 is 1.66 bits per heavy atom. The molecule has 0 aliphatic carbocycles. The highest BCUT2D eigenvalue weighted by Crippen LogP contribution is 2.45. The number of hydrogen-bond donors (Lipinski definition) is 3. The number of para-hydroxylation sites is 1. The van der Waals surface area contributed by atoms with Crippen molar-refractivity contribution in [3.63, 3.8) is 0 Å². The molecule has 11 nitrogen and oxygen atoms in total. The molecular formula is C21H24N2O9S3. The van der Waals surface area contributed by atoms with Crippen molar-refractivity contribution in [1.29, 1.82) is 0 Å². The summed E-state index contributed by atoms with van der Waals surface area (Å²) in [5, 5.41) is 3.04. The van der Waals surface area contributed by atoms with Crippen LogP contribution in [0.4, 0.5) is 11.4 Å². The minimum Gasteiger partial charge on any atom is -0.744 e. The van der Waals surface area contributed by atoms with Gasteiger partial charge in [0, 0.05) is 30.5 Å². The number of nitrogens with zero attached hydrogens (tertiary/aromatic N) is 1. The van der Waals surface area contributed by atoms with E-state index in [4.69, 9.17) is 4.55 Å². The Balaban J connectivity index is 2.23. The van der Waals surface area contributed by atoms with Crippen LogP contribution in [0, 0.1) is 0 Å². The third-order valence-electron chi connectivity index (χ3n) is 5.52. The van der Waals surface area contributed by atoms with Gasteiger partial charge < -0.3 is 9.87 Å². The number of benzene rings is 2. The quantitative estimate of drug-likeness (QED) is 0.312. The molecule has 1 aliphatic rings. The highest BCUT2D eigenvalue weighted by molar-refractivity contribution is 7.86. The second kappa shape index (κ2) is 9.44. The van der Waals surface area contributed by atoms with Gasteiger partial charge in [-0.1, -0.05) is 18.2 Å². The predicted molar refractivity (Wildman–Crippen MR) is 127 cm³/mol. The summed E-state index contributed by atoms with van der Waals surface area (Å²) < 4.78 is 103. The number of hydrogen-bond acceptors (Lipinski definition) is 8. The summed E-state index contributed by atoms with van der Waals surface area (Å²) in [4.78, 5) is -1.61. The summed E-state index contributed by atoms with van der Waals surface area (Å²) in [6.45, 7) is 3.17. The van der Waals surface area contributed by atoms with Crippen LogP contribution < -0.4 is 5.32 Å². The molecule has 3 N–H and O–H groups in total. The lowest BCUT2D eigenvalue weighted by Gasteiger charge is -2.21. The molecule has 1 aliphatic heterocycles. The van der Waals surface area contributed by atoms with E-state index in [1.54, 1.807) is 38.3 Å². The van der Waals surface area contributed by atoms with Crippen molar-refractivity contribution in [1.82, 2.24) is 0 Å². The minimum absolute atomic E-state index is 0.00566. The Hall–Kier alpha value is -2.62. The van der Waals surface area contributed by atoms with E-state index in [0.717, 1.165) is 11.8 Å². The summed E-state index contributed by atoms with van der Waals surface area (Å²) in [5.41, 5.74) is 0.0310. The van der Waals surface area contributed by atoms with E-state index in [-0.39, 0.29) is 24.2 Å². The first kappa shape index (κ1) is 27.0. The molecule has 0 radical (unpaired) electrons. The van der Waals surface area contributed by atoms with Gasteiger partial charge in [0.2, 0.25) is 5.69 Å². The van der Waals surface area contributed by atoms with Crippen molar-refractivity contribution in [3.8, 4) is 0 Å². The predicted octanol–water partition coefficient (Wildman–Crippen LogP) is 2.12. The van der Waals surface area contributed by atoms with Gasteiger partial charge in [0.1, 0.15) is 21.6 Å². The number of nitrogens with one attached hydrogen (secondary N) is 1. The molecular weight excluding hydrogens is 520 g/mol. The van der Waals surface area contributed by atoms with Crippen LogP contribution in [0.1, 0.15) is 25.8 Å². The van der Waals surface area contributed by atoms with Crippen molar-refractivity contribution < 1.29 is 43.5 Å². The summed E-state index contributed by atoms with van der Waals surface area (Å²) in [7, 11) is -14.4. The lowest BCUT2D eigenvalue weighted by Crippen LogP contribution is -2.29. The molecule has 0 aromatic heterocycles. The fourth-order valence-electron chi connectivity index (χ4n) is 4.05. The van der Waals surface area contributed by atoms with Crippen molar-refractivity contribution in [3.05, 3.63) is 60.3 Å². The molecule has 0 spiro atoms. The van der Waals surface area contributed by atoms with Crippen LogP contribution >= 0.6 is 0 Å². The maximum absolute atomic E-state index is 12.1. The smallest absolute Gasteiger partial charge is 0.294 e. The van der Waals surface area contributed by atoms with E-state index in [1.165, 1.54) is 4.58 Å². The van der Waals surface area contributed by atoms with Gasteiger partial charge in [-0.15, -0.1) is 0 Å². The van der Waals surface area contributed by atoms with Crippen LogP contribution in [-0.4, -0.2) is 61.5 Å². The Labute approximate surface area is 204 Å². The molecule has 0 saturated carbocycles. The largest absolute Gasteiger partial charge is 0.744 e. The zero-order valence-corrected chi connectivity index (χ0v) is 21.2. The second-order valence-corrected chi connectivity index (χ2v) is 12.7. The van der Waals surface area contributed by atoms with Crippen LogP contribution in [0.25, 0.3) is 0 Å². The van der Waals surface area contributed by atoms with Gasteiger partial charge in [-0.3, -0.25) is 9.11 Å². The van der Waals surface area contributed by atoms with Crippen molar-refractivity contribution >= 4 is 47.4 Å². The topological polar surface area (TPSA) is 181 Å². The third-order valence-corrected chi connectivity index (χ3v) is 8.01.